The third-order valence-corrected chi connectivity index (χ3v) is 3.42. The lowest BCUT2D eigenvalue weighted by molar-refractivity contribution is -0.139. The number of carbonyl (C=O) groups excluding carboxylic acids is 1. The topological polar surface area (TPSA) is 54.5 Å². The van der Waals surface area contributed by atoms with Gasteiger partial charge >= 0.3 is 0 Å². The predicted molar refractivity (Wildman–Crippen MR) is 74.0 cm³/mol. The fourth-order valence-corrected chi connectivity index (χ4v) is 2.14. The molecule has 0 bridgehead atoms. The number of amides is 1. The highest BCUT2D eigenvalue weighted by molar-refractivity contribution is 5.84. The van der Waals surface area contributed by atoms with Gasteiger partial charge in [-0.2, -0.15) is 0 Å². The second-order valence-electron chi connectivity index (χ2n) is 5.28. The van der Waals surface area contributed by atoms with Crippen molar-refractivity contribution in [1.29, 1.82) is 0 Å². The van der Waals surface area contributed by atoms with Crippen LogP contribution in [0.1, 0.15) is 25.3 Å². The molecule has 0 unspecified atom stereocenters. The summed E-state index contributed by atoms with van der Waals surface area (Å²) in [6, 6.07) is 3.88. The second-order valence-corrected chi connectivity index (χ2v) is 5.28. The van der Waals surface area contributed by atoms with Crippen molar-refractivity contribution in [3.05, 3.63) is 23.9 Å². The van der Waals surface area contributed by atoms with Crippen LogP contribution in [0.4, 0.5) is 5.82 Å². The monoisotopic (exact) mass is 263 g/mol. The number of rotatable bonds is 4. The Morgan fingerprint density at radius 2 is 2.37 bits per heavy atom. The van der Waals surface area contributed by atoms with Gasteiger partial charge in [0, 0.05) is 33.4 Å². The second kappa shape index (κ2) is 5.57. The van der Waals surface area contributed by atoms with Crippen molar-refractivity contribution >= 4 is 11.7 Å². The molecule has 1 amide bonds. The maximum Gasteiger partial charge on any atom is 0.252 e. The third-order valence-electron chi connectivity index (χ3n) is 3.42. The average Bonchev–Trinajstić information content (AvgIpc) is 2.84. The third kappa shape index (κ3) is 3.23. The first kappa shape index (κ1) is 13.8. The molecule has 5 heteroatoms. The number of hydrogen-bond donors (Lipinski definition) is 1. The quantitative estimate of drug-likeness (QED) is 0.890. The lowest BCUT2D eigenvalue weighted by atomic mass is 10.0. The molecule has 1 saturated heterocycles. The number of nitrogens with zero attached hydrogens (tertiary/aromatic N) is 2. The molecule has 104 valence electrons. The fraction of sp³-hybridized carbons (Fsp3) is 0.571. The van der Waals surface area contributed by atoms with E-state index in [4.69, 9.17) is 4.74 Å². The summed E-state index contributed by atoms with van der Waals surface area (Å²) in [6.07, 6.45) is 3.49. The van der Waals surface area contributed by atoms with Crippen LogP contribution in [-0.4, -0.2) is 37.2 Å². The van der Waals surface area contributed by atoms with E-state index in [0.29, 0.717) is 13.2 Å². The van der Waals surface area contributed by atoms with Crippen LogP contribution in [0.2, 0.25) is 0 Å². The summed E-state index contributed by atoms with van der Waals surface area (Å²) >= 11 is 0. The van der Waals surface area contributed by atoms with Crippen molar-refractivity contribution in [3.63, 3.8) is 0 Å². The van der Waals surface area contributed by atoms with Gasteiger partial charge in [-0.25, -0.2) is 4.98 Å². The molecular weight excluding hydrogens is 242 g/mol. The zero-order chi connectivity index (χ0) is 13.9. The molecule has 1 aromatic rings. The number of anilines is 1. The van der Waals surface area contributed by atoms with Crippen LogP contribution >= 0.6 is 0 Å². The van der Waals surface area contributed by atoms with Gasteiger partial charge in [-0.15, -0.1) is 0 Å². The Kier molecular flexibility index (Phi) is 4.04. The van der Waals surface area contributed by atoms with Crippen LogP contribution in [-0.2, 0) is 16.1 Å². The lowest BCUT2D eigenvalue weighted by Gasteiger charge is -2.22. The van der Waals surface area contributed by atoms with Gasteiger partial charge in [0.05, 0.1) is 0 Å². The summed E-state index contributed by atoms with van der Waals surface area (Å²) in [6.45, 7) is 3.03. The molecule has 19 heavy (non-hydrogen) atoms. The summed E-state index contributed by atoms with van der Waals surface area (Å²) in [5.41, 5.74) is 0.380. The first-order chi connectivity index (χ1) is 9.01. The van der Waals surface area contributed by atoms with E-state index in [9.17, 15) is 4.79 Å². The smallest absolute Gasteiger partial charge is 0.252 e. The van der Waals surface area contributed by atoms with E-state index in [0.717, 1.165) is 24.2 Å². The van der Waals surface area contributed by atoms with E-state index < -0.39 is 5.60 Å². The zero-order valence-corrected chi connectivity index (χ0v) is 11.8. The van der Waals surface area contributed by atoms with Crippen molar-refractivity contribution < 1.29 is 9.53 Å². The van der Waals surface area contributed by atoms with Crippen LogP contribution in [0.15, 0.2) is 18.3 Å². The van der Waals surface area contributed by atoms with Crippen LogP contribution in [0.3, 0.4) is 0 Å². The summed E-state index contributed by atoms with van der Waals surface area (Å²) < 4.78 is 5.52. The number of ether oxygens (including phenoxy) is 1. The summed E-state index contributed by atoms with van der Waals surface area (Å²) in [5.74, 6) is 0.850. The largest absolute Gasteiger partial charge is 0.365 e. The molecule has 2 heterocycles. The van der Waals surface area contributed by atoms with E-state index in [1.807, 2.05) is 38.1 Å². The van der Waals surface area contributed by atoms with Crippen LogP contribution < -0.4 is 10.2 Å². The summed E-state index contributed by atoms with van der Waals surface area (Å²) in [5, 5.41) is 2.94. The molecule has 1 N–H and O–H groups in total. The minimum atomic E-state index is -0.655. The molecular formula is C14H21N3O2. The number of pyridine rings is 1. The Hall–Kier alpha value is -1.62. The minimum absolute atomic E-state index is 0.0341. The first-order valence-electron chi connectivity index (χ1n) is 6.56. The molecule has 0 spiro atoms. The first-order valence-corrected chi connectivity index (χ1v) is 6.56. The Morgan fingerprint density at radius 3 is 3.00 bits per heavy atom. The van der Waals surface area contributed by atoms with Gasteiger partial charge in [0.15, 0.2) is 0 Å². The molecule has 0 aliphatic carbocycles. The molecule has 0 saturated carbocycles. The molecule has 1 aromatic heterocycles. The molecule has 1 atom stereocenters. The van der Waals surface area contributed by atoms with Gasteiger partial charge < -0.3 is 15.0 Å². The molecule has 1 fully saturated rings. The van der Waals surface area contributed by atoms with Gasteiger partial charge in [-0.05, 0) is 37.5 Å². The van der Waals surface area contributed by atoms with Gasteiger partial charge in [-0.1, -0.05) is 0 Å². The van der Waals surface area contributed by atoms with E-state index in [1.54, 1.807) is 6.20 Å². The molecule has 0 aromatic carbocycles. The van der Waals surface area contributed by atoms with Crippen molar-refractivity contribution in [1.82, 2.24) is 10.3 Å². The predicted octanol–water partition coefficient (Wildman–Crippen LogP) is 1.33. The zero-order valence-electron chi connectivity index (χ0n) is 11.8. The van der Waals surface area contributed by atoms with Crippen molar-refractivity contribution in [2.75, 3.05) is 25.6 Å². The van der Waals surface area contributed by atoms with Crippen molar-refractivity contribution in [3.8, 4) is 0 Å². The SMILES string of the molecule is CN(C)c1cc(CNC(=O)[C@]2(C)CCCO2)ccn1. The summed E-state index contributed by atoms with van der Waals surface area (Å²) in [7, 11) is 3.89. The Morgan fingerprint density at radius 1 is 1.58 bits per heavy atom. The van der Waals surface area contributed by atoms with E-state index >= 15 is 0 Å². The molecule has 2 rings (SSSR count). The van der Waals surface area contributed by atoms with Crippen molar-refractivity contribution in [2.24, 2.45) is 0 Å². The van der Waals surface area contributed by atoms with Gasteiger partial charge in [0.2, 0.25) is 0 Å². The normalized spacial score (nSPS) is 22.3. The molecule has 1 aliphatic rings. The van der Waals surface area contributed by atoms with E-state index in [1.165, 1.54) is 0 Å². The van der Waals surface area contributed by atoms with Gasteiger partial charge in [0.1, 0.15) is 11.4 Å². The number of nitrogens with one attached hydrogen (secondary N) is 1. The Labute approximate surface area is 114 Å². The van der Waals surface area contributed by atoms with Crippen molar-refractivity contribution in [2.45, 2.75) is 31.9 Å². The highest BCUT2D eigenvalue weighted by atomic mass is 16.5. The molecule has 5 nitrogen and oxygen atoms in total. The van der Waals surface area contributed by atoms with Crippen LogP contribution in [0.25, 0.3) is 0 Å². The number of aromatic nitrogens is 1. The standard InChI is InChI=1S/C14H21N3O2/c1-14(6-4-8-19-14)13(18)16-10-11-5-7-15-12(9-11)17(2)3/h5,7,9H,4,6,8,10H2,1-3H3,(H,16,18)/t14-/m0/s1. The lowest BCUT2D eigenvalue weighted by Crippen LogP contribution is -2.43. The average molecular weight is 263 g/mol. The summed E-state index contributed by atoms with van der Waals surface area (Å²) in [4.78, 5) is 18.3. The number of hydrogen-bond acceptors (Lipinski definition) is 4. The maximum absolute atomic E-state index is 12.1. The Balaban J connectivity index is 1.95. The van der Waals surface area contributed by atoms with Crippen LogP contribution in [0.5, 0.6) is 0 Å². The highest BCUT2D eigenvalue weighted by Crippen LogP contribution is 2.25. The van der Waals surface area contributed by atoms with E-state index in [2.05, 4.69) is 10.3 Å². The minimum Gasteiger partial charge on any atom is -0.365 e. The Bertz CT molecular complexity index is 454. The fourth-order valence-electron chi connectivity index (χ4n) is 2.14. The van der Waals surface area contributed by atoms with E-state index in [-0.39, 0.29) is 5.91 Å². The molecule has 1 aliphatic heterocycles. The highest BCUT2D eigenvalue weighted by Gasteiger charge is 2.37. The van der Waals surface area contributed by atoms with Gasteiger partial charge in [0.25, 0.3) is 5.91 Å². The van der Waals surface area contributed by atoms with Gasteiger partial charge in [-0.3, -0.25) is 4.79 Å². The van der Waals surface area contributed by atoms with Crippen LogP contribution in [0, 0.1) is 0 Å². The number of carbonyl (C=O) groups is 1. The molecule has 0 radical (unpaired) electrons. The maximum atomic E-state index is 12.1.